The van der Waals surface area contributed by atoms with Gasteiger partial charge in [-0.3, -0.25) is 4.79 Å². The average Bonchev–Trinajstić information content (AvgIpc) is 2.71. The van der Waals surface area contributed by atoms with Gasteiger partial charge in [0.15, 0.2) is 9.84 Å². The SMILES string of the molecule is CC1CCN(C(=O)c2ccccc2S(C)(=O)=O)c2ccccc2S1. The van der Waals surface area contributed by atoms with E-state index in [1.54, 1.807) is 34.9 Å². The summed E-state index contributed by atoms with van der Waals surface area (Å²) in [6.45, 7) is 2.71. The molecule has 3 rings (SSSR count). The van der Waals surface area contributed by atoms with Crippen LogP contribution >= 0.6 is 11.8 Å². The van der Waals surface area contributed by atoms with Gasteiger partial charge >= 0.3 is 0 Å². The molecule has 0 aromatic heterocycles. The van der Waals surface area contributed by atoms with E-state index in [-0.39, 0.29) is 16.4 Å². The fourth-order valence-electron chi connectivity index (χ4n) is 2.81. The molecule has 1 aliphatic heterocycles. The van der Waals surface area contributed by atoms with E-state index in [2.05, 4.69) is 6.92 Å². The Labute approximate surface area is 146 Å². The van der Waals surface area contributed by atoms with Crippen molar-refractivity contribution in [1.82, 2.24) is 0 Å². The molecule has 24 heavy (non-hydrogen) atoms. The van der Waals surface area contributed by atoms with E-state index in [1.165, 1.54) is 6.07 Å². The molecular formula is C18H19NO3S2. The van der Waals surface area contributed by atoms with E-state index in [1.807, 2.05) is 24.3 Å². The molecule has 0 saturated heterocycles. The number of amides is 1. The minimum atomic E-state index is -3.47. The maximum atomic E-state index is 13.1. The molecule has 0 radical (unpaired) electrons. The van der Waals surface area contributed by atoms with E-state index in [9.17, 15) is 13.2 Å². The van der Waals surface area contributed by atoms with Crippen LogP contribution in [0.2, 0.25) is 0 Å². The van der Waals surface area contributed by atoms with Crippen molar-refractivity contribution in [3.8, 4) is 0 Å². The highest BCUT2D eigenvalue weighted by molar-refractivity contribution is 8.00. The third-order valence-electron chi connectivity index (χ3n) is 4.01. The third kappa shape index (κ3) is 3.35. The zero-order valence-electron chi connectivity index (χ0n) is 13.6. The number of carbonyl (C=O) groups excluding carboxylic acids is 1. The lowest BCUT2D eigenvalue weighted by molar-refractivity contribution is 0.0983. The van der Waals surface area contributed by atoms with Crippen molar-refractivity contribution in [2.45, 2.75) is 28.4 Å². The number of sulfone groups is 1. The van der Waals surface area contributed by atoms with E-state index in [4.69, 9.17) is 0 Å². The first kappa shape index (κ1) is 17.0. The molecule has 126 valence electrons. The number of hydrogen-bond acceptors (Lipinski definition) is 4. The molecule has 1 aliphatic rings. The smallest absolute Gasteiger partial charge is 0.259 e. The maximum absolute atomic E-state index is 13.1. The van der Waals surface area contributed by atoms with E-state index >= 15 is 0 Å². The lowest BCUT2D eigenvalue weighted by Gasteiger charge is -2.23. The Bertz CT molecular complexity index is 877. The van der Waals surface area contributed by atoms with Gasteiger partial charge in [-0.2, -0.15) is 0 Å². The summed E-state index contributed by atoms with van der Waals surface area (Å²) in [5.74, 6) is -0.266. The van der Waals surface area contributed by atoms with Gasteiger partial charge in [-0.15, -0.1) is 11.8 Å². The summed E-state index contributed by atoms with van der Waals surface area (Å²) in [5, 5.41) is 0.397. The van der Waals surface area contributed by atoms with Crippen molar-refractivity contribution in [3.63, 3.8) is 0 Å². The second-order valence-electron chi connectivity index (χ2n) is 5.91. The summed E-state index contributed by atoms with van der Waals surface area (Å²) in [7, 11) is -3.47. The fourth-order valence-corrected chi connectivity index (χ4v) is 4.80. The molecule has 0 N–H and O–H groups in total. The highest BCUT2D eigenvalue weighted by Crippen LogP contribution is 2.38. The summed E-state index contributed by atoms with van der Waals surface area (Å²) in [4.78, 5) is 16.0. The predicted octanol–water partition coefficient (Wildman–Crippen LogP) is 3.62. The topological polar surface area (TPSA) is 54.5 Å². The molecule has 2 aromatic carbocycles. The first-order valence-electron chi connectivity index (χ1n) is 7.74. The molecule has 0 spiro atoms. The van der Waals surface area contributed by atoms with Gasteiger partial charge in [0.1, 0.15) is 0 Å². The number of rotatable bonds is 2. The van der Waals surface area contributed by atoms with Crippen molar-refractivity contribution in [2.75, 3.05) is 17.7 Å². The molecule has 0 aliphatic carbocycles. The molecule has 1 heterocycles. The van der Waals surface area contributed by atoms with Crippen LogP contribution in [-0.4, -0.2) is 32.4 Å². The number of fused-ring (bicyclic) bond motifs is 1. The van der Waals surface area contributed by atoms with Crippen molar-refractivity contribution in [1.29, 1.82) is 0 Å². The number of thioether (sulfide) groups is 1. The van der Waals surface area contributed by atoms with Crippen LogP contribution in [0.3, 0.4) is 0 Å². The van der Waals surface area contributed by atoms with Crippen LogP contribution in [-0.2, 0) is 9.84 Å². The number of benzene rings is 2. The van der Waals surface area contributed by atoms with Crippen molar-refractivity contribution in [3.05, 3.63) is 54.1 Å². The van der Waals surface area contributed by atoms with Gasteiger partial charge in [0.05, 0.1) is 16.1 Å². The van der Waals surface area contributed by atoms with E-state index < -0.39 is 9.84 Å². The molecule has 0 bridgehead atoms. The normalized spacial score (nSPS) is 17.9. The fraction of sp³-hybridized carbons (Fsp3) is 0.278. The highest BCUT2D eigenvalue weighted by atomic mass is 32.2. The number of anilines is 1. The standard InChI is InChI=1S/C18H19NO3S2/c1-13-11-12-19(15-8-4-5-9-16(15)23-13)18(20)14-7-3-6-10-17(14)24(2,21)22/h3-10,13H,11-12H2,1-2H3. The molecular weight excluding hydrogens is 342 g/mol. The first-order chi connectivity index (χ1) is 11.4. The minimum Gasteiger partial charge on any atom is -0.307 e. The second-order valence-corrected chi connectivity index (χ2v) is 9.37. The van der Waals surface area contributed by atoms with Crippen LogP contribution in [0.25, 0.3) is 0 Å². The summed E-state index contributed by atoms with van der Waals surface area (Å²) in [5.41, 5.74) is 1.08. The zero-order chi connectivity index (χ0) is 17.3. The molecule has 1 amide bonds. The molecule has 0 fully saturated rings. The van der Waals surface area contributed by atoms with Gasteiger partial charge in [-0.1, -0.05) is 31.2 Å². The van der Waals surface area contributed by atoms with Crippen LogP contribution in [0, 0.1) is 0 Å². The van der Waals surface area contributed by atoms with Gasteiger partial charge in [-0.25, -0.2) is 8.42 Å². The lowest BCUT2D eigenvalue weighted by atomic mass is 10.1. The van der Waals surface area contributed by atoms with Crippen molar-refractivity contribution in [2.24, 2.45) is 0 Å². The largest absolute Gasteiger partial charge is 0.307 e. The maximum Gasteiger partial charge on any atom is 0.259 e. The Morgan fingerprint density at radius 1 is 1.12 bits per heavy atom. The first-order valence-corrected chi connectivity index (χ1v) is 10.5. The minimum absolute atomic E-state index is 0.0810. The Hall–Kier alpha value is -1.79. The van der Waals surface area contributed by atoms with Crippen molar-refractivity contribution < 1.29 is 13.2 Å². The second kappa shape index (κ2) is 6.61. The van der Waals surface area contributed by atoms with Gasteiger partial charge in [0, 0.05) is 22.9 Å². The highest BCUT2D eigenvalue weighted by Gasteiger charge is 2.28. The third-order valence-corrected chi connectivity index (χ3v) is 6.40. The number of carbonyl (C=O) groups is 1. The molecule has 2 aromatic rings. The number of para-hydroxylation sites is 1. The molecule has 0 saturated carbocycles. The molecule has 6 heteroatoms. The average molecular weight is 361 g/mol. The Balaban J connectivity index is 2.09. The number of nitrogens with zero attached hydrogens (tertiary/aromatic N) is 1. The van der Waals surface area contributed by atoms with Gasteiger partial charge in [0.2, 0.25) is 0 Å². The Morgan fingerprint density at radius 2 is 1.79 bits per heavy atom. The summed E-state index contributed by atoms with van der Waals surface area (Å²) in [6, 6.07) is 14.2. The van der Waals surface area contributed by atoms with Gasteiger partial charge in [-0.05, 0) is 30.7 Å². The summed E-state index contributed by atoms with van der Waals surface area (Å²) < 4.78 is 24.1. The Kier molecular flexibility index (Phi) is 4.69. The van der Waals surface area contributed by atoms with Gasteiger partial charge < -0.3 is 4.90 Å². The number of hydrogen-bond donors (Lipinski definition) is 0. The lowest BCUT2D eigenvalue weighted by Crippen LogP contribution is -2.33. The van der Waals surface area contributed by atoms with Crippen LogP contribution < -0.4 is 4.90 Å². The predicted molar refractivity (Wildman–Crippen MR) is 97.6 cm³/mol. The van der Waals surface area contributed by atoms with E-state index in [0.717, 1.165) is 23.3 Å². The quantitative estimate of drug-likeness (QED) is 0.820. The van der Waals surface area contributed by atoms with Crippen LogP contribution in [0.1, 0.15) is 23.7 Å². The zero-order valence-corrected chi connectivity index (χ0v) is 15.2. The van der Waals surface area contributed by atoms with Gasteiger partial charge in [0.25, 0.3) is 5.91 Å². The van der Waals surface area contributed by atoms with Crippen LogP contribution in [0.4, 0.5) is 5.69 Å². The van der Waals surface area contributed by atoms with Crippen LogP contribution in [0.15, 0.2) is 58.3 Å². The summed E-state index contributed by atoms with van der Waals surface area (Å²) in [6.07, 6.45) is 1.99. The molecule has 1 atom stereocenters. The van der Waals surface area contributed by atoms with Crippen molar-refractivity contribution >= 4 is 33.2 Å². The summed E-state index contributed by atoms with van der Waals surface area (Å²) >= 11 is 1.75. The van der Waals surface area contributed by atoms with E-state index in [0.29, 0.717) is 11.8 Å². The Morgan fingerprint density at radius 3 is 2.54 bits per heavy atom. The van der Waals surface area contributed by atoms with Crippen LogP contribution in [0.5, 0.6) is 0 Å². The molecule has 1 unspecified atom stereocenters. The monoisotopic (exact) mass is 361 g/mol. The molecule has 4 nitrogen and oxygen atoms in total.